The summed E-state index contributed by atoms with van der Waals surface area (Å²) in [7, 11) is 0. The lowest BCUT2D eigenvalue weighted by molar-refractivity contribution is 0.292. The largest absolute Gasteiger partial charge is 0.489 e. The molecule has 0 atom stereocenters. The summed E-state index contributed by atoms with van der Waals surface area (Å²) in [4.78, 5) is 0. The number of hydrogen-bond donors (Lipinski definition) is 0. The maximum atomic E-state index is 14.9. The number of benzene rings is 3. The fourth-order valence-electron chi connectivity index (χ4n) is 5.60. The van der Waals surface area contributed by atoms with Gasteiger partial charge in [0.05, 0.1) is 0 Å². The molecule has 0 aromatic heterocycles. The number of halogens is 3. The topological polar surface area (TPSA) is 9.23 Å². The molecule has 0 aliphatic heterocycles. The third-order valence-corrected chi connectivity index (χ3v) is 7.86. The predicted octanol–water partition coefficient (Wildman–Crippen LogP) is 10.2. The molecule has 1 nitrogen and oxygen atoms in total. The van der Waals surface area contributed by atoms with Gasteiger partial charge < -0.3 is 4.74 Å². The summed E-state index contributed by atoms with van der Waals surface area (Å²) in [5.41, 5.74) is 3.15. The van der Waals surface area contributed by atoms with Gasteiger partial charge in [-0.15, -0.1) is 0 Å². The van der Waals surface area contributed by atoms with E-state index in [4.69, 9.17) is 4.74 Å². The minimum atomic E-state index is -0.806. The fraction of sp³-hybridized carbons (Fsp3) is 0.455. The molecule has 1 saturated carbocycles. The van der Waals surface area contributed by atoms with E-state index in [9.17, 15) is 13.2 Å². The molecule has 0 spiro atoms. The Morgan fingerprint density at radius 2 is 1.43 bits per heavy atom. The Hall–Kier alpha value is -2.75. The molecule has 4 heteroatoms. The summed E-state index contributed by atoms with van der Waals surface area (Å²) in [5, 5.41) is 0. The van der Waals surface area contributed by atoms with Crippen LogP contribution in [-0.2, 0) is 13.0 Å². The molecule has 37 heavy (non-hydrogen) atoms. The Kier molecular flexibility index (Phi) is 9.71. The Bertz CT molecular complexity index is 1150. The first-order valence-electron chi connectivity index (χ1n) is 14.0. The van der Waals surface area contributed by atoms with Crippen LogP contribution >= 0.6 is 0 Å². The van der Waals surface area contributed by atoms with Crippen molar-refractivity contribution in [2.45, 2.75) is 90.6 Å². The van der Waals surface area contributed by atoms with Gasteiger partial charge in [0, 0.05) is 5.56 Å². The van der Waals surface area contributed by atoms with Crippen molar-refractivity contribution in [2.75, 3.05) is 0 Å². The summed E-state index contributed by atoms with van der Waals surface area (Å²) >= 11 is 0. The van der Waals surface area contributed by atoms with Gasteiger partial charge >= 0.3 is 0 Å². The number of unbranched alkanes of at least 4 members (excludes halogenated alkanes) is 2. The minimum Gasteiger partial charge on any atom is -0.489 e. The lowest BCUT2D eigenvalue weighted by atomic mass is 9.77. The molecule has 0 bridgehead atoms. The zero-order chi connectivity index (χ0) is 26.2. The van der Waals surface area contributed by atoms with Crippen molar-refractivity contribution in [1.29, 1.82) is 0 Å². The molecule has 0 N–H and O–H groups in total. The highest BCUT2D eigenvalue weighted by molar-refractivity contribution is 5.64. The third-order valence-electron chi connectivity index (χ3n) is 7.86. The Morgan fingerprint density at radius 3 is 2.11 bits per heavy atom. The predicted molar refractivity (Wildman–Crippen MR) is 145 cm³/mol. The van der Waals surface area contributed by atoms with Crippen molar-refractivity contribution in [2.24, 2.45) is 5.92 Å². The Morgan fingerprint density at radius 1 is 0.730 bits per heavy atom. The summed E-state index contributed by atoms with van der Waals surface area (Å²) in [6, 6.07) is 16.0. The van der Waals surface area contributed by atoms with E-state index in [-0.39, 0.29) is 23.9 Å². The van der Waals surface area contributed by atoms with Gasteiger partial charge in [0.2, 0.25) is 0 Å². The van der Waals surface area contributed by atoms with Crippen LogP contribution in [0.5, 0.6) is 5.75 Å². The van der Waals surface area contributed by atoms with Crippen molar-refractivity contribution in [3.05, 3.63) is 88.7 Å². The van der Waals surface area contributed by atoms with Crippen molar-refractivity contribution >= 4 is 0 Å². The van der Waals surface area contributed by atoms with Crippen molar-refractivity contribution in [1.82, 2.24) is 0 Å². The smallest absolute Gasteiger partial charge is 0.165 e. The third kappa shape index (κ3) is 6.97. The summed E-state index contributed by atoms with van der Waals surface area (Å²) in [5.74, 6) is -0.334. The molecule has 1 aliphatic rings. The standard InChI is InChI=1S/C33H39F3O/c1-3-5-6-8-26-13-14-27(21-31(26)34)24-15-18-29(19-16-24)37-22-28-17-20-30(33(36)32(28)35)25-11-9-23(7-4-2)10-12-25/h13-21,23,25H,3-12,22H2,1-2H3. The molecule has 0 amide bonds. The molecule has 0 heterocycles. The molecule has 0 saturated heterocycles. The highest BCUT2D eigenvalue weighted by Crippen LogP contribution is 2.39. The minimum absolute atomic E-state index is 0.0489. The van der Waals surface area contributed by atoms with Crippen LogP contribution < -0.4 is 4.74 Å². The van der Waals surface area contributed by atoms with Gasteiger partial charge in [-0.25, -0.2) is 13.2 Å². The van der Waals surface area contributed by atoms with Crippen LogP contribution in [0.25, 0.3) is 11.1 Å². The Labute approximate surface area is 220 Å². The number of ether oxygens (including phenoxy) is 1. The fourth-order valence-corrected chi connectivity index (χ4v) is 5.60. The van der Waals surface area contributed by atoms with Crippen LogP contribution in [0.4, 0.5) is 13.2 Å². The van der Waals surface area contributed by atoms with Gasteiger partial charge in [-0.3, -0.25) is 0 Å². The van der Waals surface area contributed by atoms with Crippen molar-refractivity contribution < 1.29 is 17.9 Å². The summed E-state index contributed by atoms with van der Waals surface area (Å²) < 4.78 is 50.1. The van der Waals surface area contributed by atoms with Crippen molar-refractivity contribution in [3.63, 3.8) is 0 Å². The molecule has 3 aromatic carbocycles. The molecule has 198 valence electrons. The molecule has 1 fully saturated rings. The first-order chi connectivity index (χ1) is 18.0. The molecule has 0 radical (unpaired) electrons. The monoisotopic (exact) mass is 508 g/mol. The average molecular weight is 509 g/mol. The lowest BCUT2D eigenvalue weighted by Gasteiger charge is -2.29. The second kappa shape index (κ2) is 13.2. The first kappa shape index (κ1) is 27.3. The lowest BCUT2D eigenvalue weighted by Crippen LogP contribution is -2.15. The number of aryl methyl sites for hydroxylation is 1. The van der Waals surface area contributed by atoms with Gasteiger partial charge in [-0.1, -0.05) is 75.9 Å². The van der Waals surface area contributed by atoms with E-state index in [0.29, 0.717) is 11.3 Å². The van der Waals surface area contributed by atoms with E-state index >= 15 is 0 Å². The van der Waals surface area contributed by atoms with Crippen LogP contribution in [-0.4, -0.2) is 0 Å². The van der Waals surface area contributed by atoms with Gasteiger partial charge in [-0.05, 0) is 90.8 Å². The van der Waals surface area contributed by atoms with E-state index in [1.807, 2.05) is 24.3 Å². The van der Waals surface area contributed by atoms with Gasteiger partial charge in [0.15, 0.2) is 11.6 Å². The van der Waals surface area contributed by atoms with Crippen molar-refractivity contribution in [3.8, 4) is 16.9 Å². The maximum absolute atomic E-state index is 14.9. The van der Waals surface area contributed by atoms with Crippen LogP contribution in [0.3, 0.4) is 0 Å². The maximum Gasteiger partial charge on any atom is 0.165 e. The zero-order valence-corrected chi connectivity index (χ0v) is 22.2. The quantitative estimate of drug-likeness (QED) is 0.234. The van der Waals surface area contributed by atoms with Gasteiger partial charge in [0.25, 0.3) is 0 Å². The van der Waals surface area contributed by atoms with Gasteiger partial charge in [-0.2, -0.15) is 0 Å². The second-order valence-corrected chi connectivity index (χ2v) is 10.5. The number of hydrogen-bond acceptors (Lipinski definition) is 1. The van der Waals surface area contributed by atoms with E-state index in [1.54, 1.807) is 30.3 Å². The highest BCUT2D eigenvalue weighted by Gasteiger charge is 2.26. The van der Waals surface area contributed by atoms with Crippen LogP contribution in [0.2, 0.25) is 0 Å². The van der Waals surface area contributed by atoms with E-state index < -0.39 is 11.6 Å². The van der Waals surface area contributed by atoms with Gasteiger partial charge in [0.1, 0.15) is 18.2 Å². The van der Waals surface area contributed by atoms with Crippen LogP contribution in [0.1, 0.15) is 94.2 Å². The van der Waals surface area contributed by atoms with E-state index in [0.717, 1.165) is 74.0 Å². The van der Waals surface area contributed by atoms with Crippen LogP contribution in [0.15, 0.2) is 54.6 Å². The van der Waals surface area contributed by atoms with Crippen LogP contribution in [0, 0.1) is 23.4 Å². The molecular formula is C33H39F3O. The molecule has 1 aliphatic carbocycles. The zero-order valence-electron chi connectivity index (χ0n) is 22.2. The van der Waals surface area contributed by atoms with E-state index in [2.05, 4.69) is 13.8 Å². The molecular weight excluding hydrogens is 469 g/mol. The summed E-state index contributed by atoms with van der Waals surface area (Å²) in [6.07, 6.45) is 10.4. The average Bonchev–Trinajstić information content (AvgIpc) is 2.92. The molecule has 4 rings (SSSR count). The Balaban J connectivity index is 1.35. The number of rotatable bonds is 11. The molecule has 0 unspecified atom stereocenters. The molecule has 3 aromatic rings. The highest BCUT2D eigenvalue weighted by atomic mass is 19.2. The normalized spacial score (nSPS) is 17.6. The first-order valence-corrected chi connectivity index (χ1v) is 14.0. The second-order valence-electron chi connectivity index (χ2n) is 10.5. The summed E-state index contributed by atoms with van der Waals surface area (Å²) in [6.45, 7) is 4.29. The SMILES string of the molecule is CCCCCc1ccc(-c2ccc(OCc3ccc(C4CCC(CCC)CC4)c(F)c3F)cc2)cc1F. The van der Waals surface area contributed by atoms with E-state index in [1.165, 1.54) is 12.8 Å².